The Labute approximate surface area is 141 Å². The van der Waals surface area contributed by atoms with Gasteiger partial charge in [0.1, 0.15) is 5.82 Å². The second-order valence-corrected chi connectivity index (χ2v) is 6.99. The third-order valence-corrected chi connectivity index (χ3v) is 5.59. The van der Waals surface area contributed by atoms with Crippen molar-refractivity contribution in [2.24, 2.45) is 5.92 Å². The lowest BCUT2D eigenvalue weighted by Crippen LogP contribution is -2.56. The standard InChI is InChI=1S/C18H24N4O2/c1-12-20-15-4-2-3-14(18(23)24)17(15)22(12)10-7-19-16-11-21-8-5-13(16)6-9-21/h2-4,13,16,19H,5-11H2,1H3,(H,23,24)/t16-/m1/s1. The van der Waals surface area contributed by atoms with Crippen molar-refractivity contribution in [2.75, 3.05) is 26.2 Å². The predicted octanol–water partition coefficient (Wildman–Crippen LogP) is 1.73. The molecule has 1 atom stereocenters. The molecule has 3 fully saturated rings. The Morgan fingerprint density at radius 2 is 2.17 bits per heavy atom. The van der Waals surface area contributed by atoms with Crippen molar-refractivity contribution in [3.63, 3.8) is 0 Å². The molecule has 128 valence electrons. The number of carbonyl (C=O) groups is 1. The number of para-hydroxylation sites is 1. The van der Waals surface area contributed by atoms with Gasteiger partial charge in [-0.1, -0.05) is 6.07 Å². The maximum absolute atomic E-state index is 11.5. The molecule has 3 saturated heterocycles. The maximum atomic E-state index is 11.5. The zero-order chi connectivity index (χ0) is 16.7. The zero-order valence-electron chi connectivity index (χ0n) is 14.0. The molecule has 2 bridgehead atoms. The van der Waals surface area contributed by atoms with Gasteiger partial charge in [-0.15, -0.1) is 0 Å². The maximum Gasteiger partial charge on any atom is 0.337 e. The Morgan fingerprint density at radius 3 is 2.83 bits per heavy atom. The van der Waals surface area contributed by atoms with Crippen molar-refractivity contribution < 1.29 is 9.90 Å². The third-order valence-electron chi connectivity index (χ3n) is 5.59. The van der Waals surface area contributed by atoms with E-state index in [2.05, 4.69) is 15.2 Å². The van der Waals surface area contributed by atoms with E-state index in [1.54, 1.807) is 12.1 Å². The third kappa shape index (κ3) is 2.70. The molecule has 0 unspecified atom stereocenters. The summed E-state index contributed by atoms with van der Waals surface area (Å²) >= 11 is 0. The summed E-state index contributed by atoms with van der Waals surface area (Å²) in [4.78, 5) is 18.6. The number of nitrogens with one attached hydrogen (secondary N) is 1. The molecule has 1 aromatic heterocycles. The molecule has 6 heteroatoms. The van der Waals surface area contributed by atoms with Crippen molar-refractivity contribution in [1.82, 2.24) is 19.8 Å². The molecule has 6 nitrogen and oxygen atoms in total. The first-order chi connectivity index (χ1) is 11.6. The number of nitrogens with zero attached hydrogens (tertiary/aromatic N) is 3. The number of hydrogen-bond donors (Lipinski definition) is 2. The van der Waals surface area contributed by atoms with E-state index in [0.29, 0.717) is 11.6 Å². The van der Waals surface area contributed by atoms with E-state index in [1.165, 1.54) is 25.9 Å². The van der Waals surface area contributed by atoms with Crippen LogP contribution in [0.25, 0.3) is 11.0 Å². The van der Waals surface area contributed by atoms with Gasteiger partial charge in [0.2, 0.25) is 0 Å². The Hall–Kier alpha value is -1.92. The molecule has 3 aliphatic heterocycles. The molecule has 3 aliphatic rings. The summed E-state index contributed by atoms with van der Waals surface area (Å²) in [6.45, 7) is 7.17. The fourth-order valence-electron chi connectivity index (χ4n) is 4.31. The van der Waals surface area contributed by atoms with Crippen molar-refractivity contribution >= 4 is 17.0 Å². The van der Waals surface area contributed by atoms with Gasteiger partial charge in [-0.3, -0.25) is 0 Å². The lowest BCUT2D eigenvalue weighted by molar-refractivity contribution is 0.0698. The summed E-state index contributed by atoms with van der Waals surface area (Å²) in [7, 11) is 0. The predicted molar refractivity (Wildman–Crippen MR) is 92.4 cm³/mol. The molecule has 4 heterocycles. The molecule has 0 saturated carbocycles. The molecule has 0 radical (unpaired) electrons. The van der Waals surface area contributed by atoms with Crippen molar-refractivity contribution in [3.8, 4) is 0 Å². The van der Waals surface area contributed by atoms with Crippen LogP contribution in [-0.2, 0) is 6.54 Å². The zero-order valence-corrected chi connectivity index (χ0v) is 14.0. The number of imidazole rings is 1. The molecule has 2 N–H and O–H groups in total. The van der Waals surface area contributed by atoms with Crippen LogP contribution < -0.4 is 5.32 Å². The van der Waals surface area contributed by atoms with Crippen LogP contribution >= 0.6 is 0 Å². The monoisotopic (exact) mass is 328 g/mol. The van der Waals surface area contributed by atoms with E-state index in [1.807, 2.05) is 17.6 Å². The topological polar surface area (TPSA) is 70.4 Å². The number of aryl methyl sites for hydroxylation is 1. The van der Waals surface area contributed by atoms with Crippen molar-refractivity contribution in [2.45, 2.75) is 32.4 Å². The first-order valence-corrected chi connectivity index (χ1v) is 8.78. The number of carboxylic acids is 1. The number of hydrogen-bond acceptors (Lipinski definition) is 4. The number of piperidine rings is 3. The Balaban J connectivity index is 1.50. The largest absolute Gasteiger partial charge is 0.478 e. The summed E-state index contributed by atoms with van der Waals surface area (Å²) < 4.78 is 2.03. The Bertz CT molecular complexity index is 762. The van der Waals surface area contributed by atoms with Crippen LogP contribution in [0.5, 0.6) is 0 Å². The Morgan fingerprint density at radius 1 is 1.38 bits per heavy atom. The molecule has 0 aliphatic carbocycles. The van der Waals surface area contributed by atoms with Crippen molar-refractivity contribution in [3.05, 3.63) is 29.6 Å². The van der Waals surface area contributed by atoms with E-state index >= 15 is 0 Å². The highest BCUT2D eigenvalue weighted by atomic mass is 16.4. The summed E-state index contributed by atoms with van der Waals surface area (Å²) in [5.41, 5.74) is 1.82. The van der Waals surface area contributed by atoms with Gasteiger partial charge in [-0.05, 0) is 50.9 Å². The van der Waals surface area contributed by atoms with Gasteiger partial charge in [-0.2, -0.15) is 0 Å². The van der Waals surface area contributed by atoms with Crippen molar-refractivity contribution in [1.29, 1.82) is 0 Å². The van der Waals surface area contributed by atoms with Crippen LogP contribution in [0, 0.1) is 12.8 Å². The van der Waals surface area contributed by atoms with Gasteiger partial charge < -0.3 is 19.9 Å². The van der Waals surface area contributed by atoms with E-state index in [9.17, 15) is 9.90 Å². The van der Waals surface area contributed by atoms with Crippen LogP contribution in [-0.4, -0.2) is 57.7 Å². The minimum absolute atomic E-state index is 0.330. The fraction of sp³-hybridized carbons (Fsp3) is 0.556. The highest BCUT2D eigenvalue weighted by Crippen LogP contribution is 2.27. The molecular formula is C18H24N4O2. The van der Waals surface area contributed by atoms with Gasteiger partial charge in [-0.25, -0.2) is 9.78 Å². The average molecular weight is 328 g/mol. The molecule has 0 spiro atoms. The van der Waals surface area contributed by atoms with Crippen LogP contribution in [0.15, 0.2) is 18.2 Å². The highest BCUT2D eigenvalue weighted by molar-refractivity contribution is 6.01. The fourth-order valence-corrected chi connectivity index (χ4v) is 4.31. The van der Waals surface area contributed by atoms with Gasteiger partial charge in [0.05, 0.1) is 16.6 Å². The second kappa shape index (κ2) is 6.18. The quantitative estimate of drug-likeness (QED) is 0.875. The van der Waals surface area contributed by atoms with Crippen LogP contribution in [0.4, 0.5) is 0 Å². The average Bonchev–Trinajstić information content (AvgIpc) is 2.91. The van der Waals surface area contributed by atoms with Gasteiger partial charge in [0.25, 0.3) is 0 Å². The van der Waals surface area contributed by atoms with E-state index < -0.39 is 5.97 Å². The highest BCUT2D eigenvalue weighted by Gasteiger charge is 2.33. The van der Waals surface area contributed by atoms with E-state index in [4.69, 9.17) is 0 Å². The molecule has 24 heavy (non-hydrogen) atoms. The van der Waals surface area contributed by atoms with Crippen LogP contribution in [0.1, 0.15) is 29.0 Å². The summed E-state index contributed by atoms with van der Waals surface area (Å²) in [5, 5.41) is 13.1. The SMILES string of the molecule is Cc1nc2cccc(C(=O)O)c2n1CCN[C@@H]1CN2CCC1CC2. The molecular weight excluding hydrogens is 304 g/mol. The number of fused-ring (bicyclic) bond motifs is 4. The lowest BCUT2D eigenvalue weighted by Gasteiger charge is -2.45. The summed E-state index contributed by atoms with van der Waals surface area (Å²) in [5.74, 6) is 0.770. The minimum Gasteiger partial charge on any atom is -0.478 e. The summed E-state index contributed by atoms with van der Waals surface area (Å²) in [6, 6.07) is 5.87. The van der Waals surface area contributed by atoms with Gasteiger partial charge in [0, 0.05) is 25.7 Å². The minimum atomic E-state index is -0.896. The molecule has 0 amide bonds. The number of aromatic nitrogens is 2. The first kappa shape index (κ1) is 15.6. The number of aromatic carboxylic acids is 1. The van der Waals surface area contributed by atoms with Crippen LogP contribution in [0.2, 0.25) is 0 Å². The smallest absolute Gasteiger partial charge is 0.337 e. The molecule has 5 rings (SSSR count). The van der Waals surface area contributed by atoms with E-state index in [-0.39, 0.29) is 0 Å². The Kier molecular flexibility index (Phi) is 4.02. The summed E-state index contributed by atoms with van der Waals surface area (Å²) in [6.07, 6.45) is 2.60. The normalized spacial score (nSPS) is 26.1. The number of rotatable bonds is 5. The van der Waals surface area contributed by atoms with Crippen LogP contribution in [0.3, 0.4) is 0 Å². The second-order valence-electron chi connectivity index (χ2n) is 6.99. The first-order valence-electron chi connectivity index (χ1n) is 8.78. The number of carboxylic acid groups (broad SMARTS) is 1. The van der Waals surface area contributed by atoms with Gasteiger partial charge >= 0.3 is 5.97 Å². The number of benzene rings is 1. The van der Waals surface area contributed by atoms with E-state index in [0.717, 1.165) is 42.4 Å². The molecule has 2 aromatic rings. The van der Waals surface area contributed by atoms with Gasteiger partial charge in [0.15, 0.2) is 0 Å². The lowest BCUT2D eigenvalue weighted by atomic mass is 9.84. The molecule has 1 aromatic carbocycles.